The van der Waals surface area contributed by atoms with E-state index in [4.69, 9.17) is 0 Å². The van der Waals surface area contributed by atoms with Crippen LogP contribution in [0.4, 0.5) is 5.69 Å². The van der Waals surface area contributed by atoms with Crippen molar-refractivity contribution in [1.82, 2.24) is 4.98 Å². The third kappa shape index (κ3) is 2.04. The summed E-state index contributed by atoms with van der Waals surface area (Å²) >= 11 is 0. The molecule has 0 unspecified atom stereocenters. The molecule has 1 aliphatic heterocycles. The van der Waals surface area contributed by atoms with E-state index in [0.29, 0.717) is 6.42 Å². The van der Waals surface area contributed by atoms with Gasteiger partial charge in [-0.2, -0.15) is 0 Å². The van der Waals surface area contributed by atoms with Gasteiger partial charge in [-0.15, -0.1) is 0 Å². The summed E-state index contributed by atoms with van der Waals surface area (Å²) in [6.07, 6.45) is 6.33. The van der Waals surface area contributed by atoms with E-state index in [9.17, 15) is 4.79 Å². The molecular formula is C15H16N2O. The maximum absolute atomic E-state index is 12.3. The SMILES string of the molecule is O=C(Cc1cc[nH]c1)N1CCCc2ccccc21. The molecule has 1 aromatic carbocycles. The predicted octanol–water partition coefficient (Wildman–Crippen LogP) is 2.54. The van der Waals surface area contributed by atoms with Crippen LogP contribution in [-0.4, -0.2) is 17.4 Å². The minimum Gasteiger partial charge on any atom is -0.367 e. The van der Waals surface area contributed by atoms with Crippen molar-refractivity contribution in [3.8, 4) is 0 Å². The van der Waals surface area contributed by atoms with Crippen molar-refractivity contribution < 1.29 is 4.79 Å². The number of aromatic nitrogens is 1. The smallest absolute Gasteiger partial charge is 0.231 e. The minimum absolute atomic E-state index is 0.182. The van der Waals surface area contributed by atoms with E-state index in [1.165, 1.54) is 5.56 Å². The molecule has 0 aliphatic carbocycles. The number of aryl methyl sites for hydroxylation is 1. The average molecular weight is 240 g/mol. The molecule has 0 radical (unpaired) electrons. The number of nitrogens with zero attached hydrogens (tertiary/aromatic N) is 1. The number of carbonyl (C=O) groups is 1. The Balaban J connectivity index is 1.83. The van der Waals surface area contributed by atoms with Crippen LogP contribution in [0.2, 0.25) is 0 Å². The van der Waals surface area contributed by atoms with E-state index in [2.05, 4.69) is 11.1 Å². The maximum atomic E-state index is 12.3. The summed E-state index contributed by atoms with van der Waals surface area (Å²) in [4.78, 5) is 17.2. The van der Waals surface area contributed by atoms with Crippen LogP contribution in [0, 0.1) is 0 Å². The van der Waals surface area contributed by atoms with Gasteiger partial charge in [0.25, 0.3) is 0 Å². The predicted molar refractivity (Wildman–Crippen MR) is 71.6 cm³/mol. The number of anilines is 1. The lowest BCUT2D eigenvalue weighted by Crippen LogP contribution is -2.36. The van der Waals surface area contributed by atoms with Crippen molar-refractivity contribution >= 4 is 11.6 Å². The summed E-state index contributed by atoms with van der Waals surface area (Å²) < 4.78 is 0. The fourth-order valence-electron chi connectivity index (χ4n) is 2.53. The van der Waals surface area contributed by atoms with Crippen molar-refractivity contribution in [3.63, 3.8) is 0 Å². The Morgan fingerprint density at radius 1 is 1.28 bits per heavy atom. The van der Waals surface area contributed by atoms with Crippen LogP contribution in [0.3, 0.4) is 0 Å². The van der Waals surface area contributed by atoms with E-state index in [1.54, 1.807) is 0 Å². The second-order valence-corrected chi connectivity index (χ2v) is 4.67. The zero-order valence-electron chi connectivity index (χ0n) is 10.2. The molecule has 1 aliphatic rings. The number of aromatic amines is 1. The highest BCUT2D eigenvalue weighted by Gasteiger charge is 2.21. The largest absolute Gasteiger partial charge is 0.367 e. The third-order valence-electron chi connectivity index (χ3n) is 3.43. The van der Waals surface area contributed by atoms with Crippen LogP contribution in [0.1, 0.15) is 17.5 Å². The van der Waals surface area contributed by atoms with Crippen LogP contribution < -0.4 is 4.90 Å². The number of carbonyl (C=O) groups excluding carboxylic acids is 1. The Kier molecular flexibility index (Phi) is 2.89. The summed E-state index contributed by atoms with van der Waals surface area (Å²) in [7, 11) is 0. The third-order valence-corrected chi connectivity index (χ3v) is 3.43. The van der Waals surface area contributed by atoms with Crippen molar-refractivity contribution in [2.75, 3.05) is 11.4 Å². The van der Waals surface area contributed by atoms with Gasteiger partial charge in [0.05, 0.1) is 6.42 Å². The maximum Gasteiger partial charge on any atom is 0.231 e. The zero-order valence-corrected chi connectivity index (χ0v) is 10.2. The van der Waals surface area contributed by atoms with Gasteiger partial charge in [-0.05, 0) is 36.1 Å². The normalized spacial score (nSPS) is 14.3. The molecule has 0 saturated heterocycles. The number of rotatable bonds is 2. The molecule has 3 nitrogen and oxygen atoms in total. The number of nitrogens with one attached hydrogen (secondary N) is 1. The van der Waals surface area contributed by atoms with Crippen molar-refractivity contribution in [2.45, 2.75) is 19.3 Å². The van der Waals surface area contributed by atoms with E-state index in [0.717, 1.165) is 30.6 Å². The second-order valence-electron chi connectivity index (χ2n) is 4.67. The molecule has 3 rings (SSSR count). The molecule has 1 N–H and O–H groups in total. The molecule has 3 heteroatoms. The molecule has 92 valence electrons. The lowest BCUT2D eigenvalue weighted by molar-refractivity contribution is -0.118. The Morgan fingerprint density at radius 2 is 2.17 bits per heavy atom. The molecule has 0 atom stereocenters. The van der Waals surface area contributed by atoms with Crippen LogP contribution in [-0.2, 0) is 17.6 Å². The minimum atomic E-state index is 0.182. The number of H-pyrrole nitrogens is 1. The molecule has 1 amide bonds. The molecule has 0 fully saturated rings. The van der Waals surface area contributed by atoms with E-state index in [1.807, 2.05) is 41.6 Å². The average Bonchev–Trinajstić information content (AvgIpc) is 2.91. The number of hydrogen-bond acceptors (Lipinski definition) is 1. The first kappa shape index (κ1) is 11.1. The Hall–Kier alpha value is -2.03. The molecule has 18 heavy (non-hydrogen) atoms. The standard InChI is InChI=1S/C15H16N2O/c18-15(10-12-7-8-16-11-12)17-9-3-5-13-4-1-2-6-14(13)17/h1-2,4,6-8,11,16H,3,5,9-10H2. The van der Waals surface area contributed by atoms with E-state index >= 15 is 0 Å². The van der Waals surface area contributed by atoms with Crippen LogP contribution in [0.5, 0.6) is 0 Å². The molecule has 0 bridgehead atoms. The van der Waals surface area contributed by atoms with Crippen molar-refractivity contribution in [2.24, 2.45) is 0 Å². The summed E-state index contributed by atoms with van der Waals surface area (Å²) in [5.74, 6) is 0.182. The molecule has 0 saturated carbocycles. The monoisotopic (exact) mass is 240 g/mol. The second kappa shape index (κ2) is 4.69. The van der Waals surface area contributed by atoms with Crippen molar-refractivity contribution in [3.05, 3.63) is 53.9 Å². The summed E-state index contributed by atoms with van der Waals surface area (Å²) in [5, 5.41) is 0. The van der Waals surface area contributed by atoms with Gasteiger partial charge in [-0.3, -0.25) is 4.79 Å². The van der Waals surface area contributed by atoms with Gasteiger partial charge >= 0.3 is 0 Å². The Morgan fingerprint density at radius 3 is 3.00 bits per heavy atom. The van der Waals surface area contributed by atoms with E-state index < -0.39 is 0 Å². The molecule has 0 spiro atoms. The Labute approximate surface area is 106 Å². The zero-order chi connectivity index (χ0) is 12.4. The highest BCUT2D eigenvalue weighted by atomic mass is 16.2. The topological polar surface area (TPSA) is 36.1 Å². The van der Waals surface area contributed by atoms with Gasteiger partial charge in [-0.25, -0.2) is 0 Å². The quantitative estimate of drug-likeness (QED) is 0.860. The number of fused-ring (bicyclic) bond motifs is 1. The van der Waals surface area contributed by atoms with Crippen LogP contribution in [0.25, 0.3) is 0 Å². The fraction of sp³-hybridized carbons (Fsp3) is 0.267. The molecule has 2 heterocycles. The summed E-state index contributed by atoms with van der Waals surface area (Å²) in [6, 6.07) is 10.2. The van der Waals surface area contributed by atoms with Gasteiger partial charge in [-0.1, -0.05) is 18.2 Å². The van der Waals surface area contributed by atoms with E-state index in [-0.39, 0.29) is 5.91 Å². The Bertz CT molecular complexity index is 545. The lowest BCUT2D eigenvalue weighted by Gasteiger charge is -2.29. The first-order valence-corrected chi connectivity index (χ1v) is 6.34. The van der Waals surface area contributed by atoms with Crippen molar-refractivity contribution in [1.29, 1.82) is 0 Å². The first-order chi connectivity index (χ1) is 8.84. The summed E-state index contributed by atoms with van der Waals surface area (Å²) in [6.45, 7) is 0.834. The van der Waals surface area contributed by atoms with Gasteiger partial charge in [0.1, 0.15) is 0 Å². The highest BCUT2D eigenvalue weighted by Crippen LogP contribution is 2.27. The fourth-order valence-corrected chi connectivity index (χ4v) is 2.53. The number of hydrogen-bond donors (Lipinski definition) is 1. The van der Waals surface area contributed by atoms with Gasteiger partial charge in [0, 0.05) is 24.6 Å². The van der Waals surface area contributed by atoms with Gasteiger partial charge in [0.15, 0.2) is 0 Å². The molecular weight excluding hydrogens is 224 g/mol. The first-order valence-electron chi connectivity index (χ1n) is 6.34. The van der Waals surface area contributed by atoms with Gasteiger partial charge < -0.3 is 9.88 Å². The van der Waals surface area contributed by atoms with Crippen LogP contribution in [0.15, 0.2) is 42.7 Å². The highest BCUT2D eigenvalue weighted by molar-refractivity contribution is 5.95. The number of benzene rings is 1. The molecule has 1 aromatic heterocycles. The summed E-state index contributed by atoms with van der Waals surface area (Å²) in [5.41, 5.74) is 3.42. The van der Waals surface area contributed by atoms with Gasteiger partial charge in [0.2, 0.25) is 5.91 Å². The molecule has 2 aromatic rings. The number of para-hydroxylation sites is 1. The lowest BCUT2D eigenvalue weighted by atomic mass is 10.0. The van der Waals surface area contributed by atoms with Crippen LogP contribution >= 0.6 is 0 Å². The number of amides is 1.